The minimum atomic E-state index is -0.818. The monoisotopic (exact) mass is 400 g/mol. The lowest BCUT2D eigenvalue weighted by Crippen LogP contribution is -2.43. The standard InChI is InChI=1S/C21H21FN2O5/c22-15-5-3-14(4-6-15)18-17(19(25)16-2-1-11-29-16)20(26)21(27)24(18)8-7-23-9-12-28-13-10-23/h1-6,11,18,26H,7-10,12-13H2. The van der Waals surface area contributed by atoms with Gasteiger partial charge in [-0.05, 0) is 29.8 Å². The van der Waals surface area contributed by atoms with E-state index in [4.69, 9.17) is 9.15 Å². The second-order valence-electron chi connectivity index (χ2n) is 6.98. The van der Waals surface area contributed by atoms with E-state index in [0.29, 0.717) is 31.9 Å². The number of hydrogen-bond donors (Lipinski definition) is 1. The van der Waals surface area contributed by atoms with Gasteiger partial charge in [0.25, 0.3) is 5.91 Å². The molecule has 2 aliphatic rings. The molecule has 7 nitrogen and oxygen atoms in total. The number of aliphatic hydroxyl groups excluding tert-OH is 1. The van der Waals surface area contributed by atoms with E-state index in [1.54, 1.807) is 6.07 Å². The SMILES string of the molecule is O=C(C1=C(O)C(=O)N(CCN2CCOCC2)C1c1ccc(F)cc1)c1ccco1. The molecule has 2 aromatic rings. The van der Waals surface area contributed by atoms with E-state index in [1.807, 2.05) is 0 Å². The zero-order valence-corrected chi connectivity index (χ0v) is 15.7. The van der Waals surface area contributed by atoms with E-state index in [0.717, 1.165) is 13.1 Å². The van der Waals surface area contributed by atoms with Crippen LogP contribution in [0.25, 0.3) is 0 Å². The van der Waals surface area contributed by atoms with E-state index < -0.39 is 29.3 Å². The summed E-state index contributed by atoms with van der Waals surface area (Å²) in [6.45, 7) is 3.63. The molecular formula is C21H21FN2O5. The second-order valence-corrected chi connectivity index (χ2v) is 6.98. The van der Waals surface area contributed by atoms with E-state index in [-0.39, 0.29) is 11.3 Å². The van der Waals surface area contributed by atoms with E-state index in [9.17, 15) is 19.1 Å². The maximum Gasteiger partial charge on any atom is 0.290 e. The summed E-state index contributed by atoms with van der Waals surface area (Å²) >= 11 is 0. The van der Waals surface area contributed by atoms with Crippen LogP contribution in [0.2, 0.25) is 0 Å². The normalized spacial score (nSPS) is 20.5. The minimum absolute atomic E-state index is 0.0292. The lowest BCUT2D eigenvalue weighted by atomic mass is 9.95. The smallest absolute Gasteiger partial charge is 0.290 e. The molecule has 1 unspecified atom stereocenters. The number of hydrogen-bond acceptors (Lipinski definition) is 6. The van der Waals surface area contributed by atoms with Gasteiger partial charge in [-0.3, -0.25) is 14.5 Å². The molecule has 1 saturated heterocycles. The fourth-order valence-electron chi connectivity index (χ4n) is 3.72. The number of halogens is 1. The van der Waals surface area contributed by atoms with Crippen molar-refractivity contribution in [3.05, 3.63) is 71.1 Å². The maximum absolute atomic E-state index is 13.5. The summed E-state index contributed by atoms with van der Waals surface area (Å²) in [5.41, 5.74) is 0.485. The van der Waals surface area contributed by atoms with Crippen molar-refractivity contribution in [1.29, 1.82) is 0 Å². The highest BCUT2D eigenvalue weighted by Gasteiger charge is 2.44. The molecule has 152 valence electrons. The number of amides is 1. The van der Waals surface area contributed by atoms with Crippen LogP contribution in [0, 0.1) is 5.82 Å². The van der Waals surface area contributed by atoms with Crippen LogP contribution in [-0.4, -0.2) is 66.0 Å². The first-order chi connectivity index (χ1) is 14.1. The van der Waals surface area contributed by atoms with Crippen LogP contribution >= 0.6 is 0 Å². The van der Waals surface area contributed by atoms with Crippen molar-refractivity contribution < 1.29 is 28.2 Å². The fourth-order valence-corrected chi connectivity index (χ4v) is 3.72. The predicted molar refractivity (Wildman–Crippen MR) is 101 cm³/mol. The molecule has 3 heterocycles. The van der Waals surface area contributed by atoms with Gasteiger partial charge in [-0.1, -0.05) is 12.1 Å². The topological polar surface area (TPSA) is 83.2 Å². The van der Waals surface area contributed by atoms with Gasteiger partial charge in [0.2, 0.25) is 5.78 Å². The summed E-state index contributed by atoms with van der Waals surface area (Å²) in [7, 11) is 0. The van der Waals surface area contributed by atoms with Gasteiger partial charge in [-0.2, -0.15) is 0 Å². The number of aliphatic hydroxyl groups is 1. The van der Waals surface area contributed by atoms with E-state index in [2.05, 4.69) is 4.90 Å². The van der Waals surface area contributed by atoms with Crippen LogP contribution < -0.4 is 0 Å². The number of nitrogens with zero attached hydrogens (tertiary/aromatic N) is 2. The van der Waals surface area contributed by atoms with Gasteiger partial charge < -0.3 is 19.2 Å². The van der Waals surface area contributed by atoms with E-state index in [1.165, 1.54) is 41.5 Å². The summed E-state index contributed by atoms with van der Waals surface area (Å²) < 4.78 is 24.0. The average Bonchev–Trinajstić information content (AvgIpc) is 3.36. The Balaban J connectivity index is 1.66. The molecule has 1 aromatic carbocycles. The van der Waals surface area contributed by atoms with Gasteiger partial charge in [-0.25, -0.2) is 4.39 Å². The zero-order chi connectivity index (χ0) is 20.4. The highest BCUT2D eigenvalue weighted by atomic mass is 19.1. The van der Waals surface area contributed by atoms with Crippen LogP contribution in [0.1, 0.15) is 22.2 Å². The number of morpholine rings is 1. The number of furan rings is 1. The van der Waals surface area contributed by atoms with Gasteiger partial charge in [-0.15, -0.1) is 0 Å². The molecule has 8 heteroatoms. The van der Waals surface area contributed by atoms with Gasteiger partial charge >= 0.3 is 0 Å². The minimum Gasteiger partial charge on any atom is -0.503 e. The summed E-state index contributed by atoms with van der Waals surface area (Å²) in [6.07, 6.45) is 1.35. The van der Waals surface area contributed by atoms with Crippen molar-refractivity contribution in [1.82, 2.24) is 9.80 Å². The molecule has 1 N–H and O–H groups in total. The first kappa shape index (κ1) is 19.4. The number of rotatable bonds is 6. The van der Waals surface area contributed by atoms with Gasteiger partial charge in [0.05, 0.1) is 31.1 Å². The number of carbonyl (C=O) groups excluding carboxylic acids is 2. The average molecular weight is 400 g/mol. The van der Waals surface area contributed by atoms with Gasteiger partial charge in [0.15, 0.2) is 11.5 Å². The lowest BCUT2D eigenvalue weighted by molar-refractivity contribution is -0.129. The maximum atomic E-state index is 13.5. The molecule has 0 aliphatic carbocycles. The van der Waals surface area contributed by atoms with Crippen molar-refractivity contribution in [3.63, 3.8) is 0 Å². The largest absolute Gasteiger partial charge is 0.503 e. The third-order valence-corrected chi connectivity index (χ3v) is 5.24. The molecule has 1 fully saturated rings. The molecule has 2 aliphatic heterocycles. The van der Waals surface area contributed by atoms with Crippen molar-refractivity contribution in [2.45, 2.75) is 6.04 Å². The number of ether oxygens (including phenoxy) is 1. The molecule has 4 rings (SSSR count). The number of benzene rings is 1. The highest BCUT2D eigenvalue weighted by Crippen LogP contribution is 2.38. The predicted octanol–water partition coefficient (Wildman–Crippen LogP) is 2.33. The summed E-state index contributed by atoms with van der Waals surface area (Å²) in [4.78, 5) is 29.4. The lowest BCUT2D eigenvalue weighted by Gasteiger charge is -2.31. The first-order valence-electron chi connectivity index (χ1n) is 9.44. The van der Waals surface area contributed by atoms with Crippen molar-refractivity contribution in [3.8, 4) is 0 Å². The fraction of sp³-hybridized carbons (Fsp3) is 0.333. The molecule has 1 aromatic heterocycles. The molecule has 0 saturated carbocycles. The summed E-state index contributed by atoms with van der Waals surface area (Å²) in [5, 5.41) is 10.5. The Labute approximate surface area is 167 Å². The van der Waals surface area contributed by atoms with Crippen molar-refractivity contribution in [2.24, 2.45) is 0 Å². The molecule has 0 spiro atoms. The third-order valence-electron chi connectivity index (χ3n) is 5.24. The molecule has 0 radical (unpaired) electrons. The molecule has 29 heavy (non-hydrogen) atoms. The first-order valence-corrected chi connectivity index (χ1v) is 9.44. The third kappa shape index (κ3) is 3.81. The Bertz CT molecular complexity index is 917. The Morgan fingerprint density at radius 2 is 1.86 bits per heavy atom. The molecular weight excluding hydrogens is 379 g/mol. The zero-order valence-electron chi connectivity index (χ0n) is 15.7. The van der Waals surface area contributed by atoms with Crippen LogP contribution in [-0.2, 0) is 9.53 Å². The Kier molecular flexibility index (Phi) is 5.46. The Morgan fingerprint density at radius 3 is 2.52 bits per heavy atom. The summed E-state index contributed by atoms with van der Waals surface area (Å²) in [6, 6.07) is 7.79. The van der Waals surface area contributed by atoms with E-state index >= 15 is 0 Å². The van der Waals surface area contributed by atoms with Crippen molar-refractivity contribution in [2.75, 3.05) is 39.4 Å². The van der Waals surface area contributed by atoms with Crippen LogP contribution in [0.5, 0.6) is 0 Å². The van der Waals surface area contributed by atoms with Gasteiger partial charge in [0.1, 0.15) is 5.82 Å². The summed E-state index contributed by atoms with van der Waals surface area (Å²) in [5.74, 6) is -2.18. The second kappa shape index (κ2) is 8.18. The van der Waals surface area contributed by atoms with Crippen molar-refractivity contribution >= 4 is 11.7 Å². The van der Waals surface area contributed by atoms with Crippen LogP contribution in [0.3, 0.4) is 0 Å². The quantitative estimate of drug-likeness (QED) is 0.750. The number of carbonyl (C=O) groups is 2. The molecule has 1 atom stereocenters. The van der Waals surface area contributed by atoms with Crippen LogP contribution in [0.4, 0.5) is 4.39 Å². The molecule has 0 bridgehead atoms. The number of ketones is 1. The van der Waals surface area contributed by atoms with Crippen LogP contribution in [0.15, 0.2) is 58.4 Å². The molecule has 1 amide bonds. The highest BCUT2D eigenvalue weighted by molar-refractivity contribution is 6.15. The van der Waals surface area contributed by atoms with Gasteiger partial charge in [0, 0.05) is 26.2 Å². The Morgan fingerprint density at radius 1 is 1.14 bits per heavy atom. The number of Topliss-reactive ketones (excluding diaryl/α,β-unsaturated/α-hetero) is 1. The Hall–Kier alpha value is -2.97.